The summed E-state index contributed by atoms with van der Waals surface area (Å²) in [5.74, 6) is 0. The molecule has 0 aliphatic carbocycles. The van der Waals surface area contributed by atoms with Crippen LogP contribution in [0.25, 0.3) is 5.69 Å². The Kier molecular flexibility index (Phi) is 1.92. The van der Waals surface area contributed by atoms with Crippen molar-refractivity contribution in [1.82, 2.24) is 9.78 Å². The highest BCUT2D eigenvalue weighted by Crippen LogP contribution is 2.00. The predicted octanol–water partition coefficient (Wildman–Crippen LogP) is 1.23. The number of hydrogen-bond donors (Lipinski definition) is 0. The summed E-state index contributed by atoms with van der Waals surface area (Å²) in [7, 11) is 0. The van der Waals surface area contributed by atoms with Gasteiger partial charge in [0.05, 0.1) is 5.69 Å². The lowest BCUT2D eigenvalue weighted by atomic mass is 10.3. The molecular formula is C10H8N2O. The molecular weight excluding hydrogens is 164 g/mol. The van der Waals surface area contributed by atoms with E-state index in [4.69, 9.17) is 0 Å². The minimum Gasteiger partial charge on any atom is -0.267 e. The van der Waals surface area contributed by atoms with Crippen molar-refractivity contribution in [1.29, 1.82) is 0 Å². The van der Waals surface area contributed by atoms with Crippen LogP contribution < -0.4 is 5.56 Å². The van der Waals surface area contributed by atoms with Crippen molar-refractivity contribution >= 4 is 0 Å². The van der Waals surface area contributed by atoms with Crippen LogP contribution in [-0.4, -0.2) is 9.78 Å². The van der Waals surface area contributed by atoms with E-state index in [1.807, 2.05) is 30.3 Å². The number of aromatic nitrogens is 2. The molecule has 0 saturated carbocycles. The second-order valence-corrected chi connectivity index (χ2v) is 2.61. The van der Waals surface area contributed by atoms with Gasteiger partial charge in [-0.3, -0.25) is 4.79 Å². The smallest absolute Gasteiger partial charge is 0.267 e. The van der Waals surface area contributed by atoms with Gasteiger partial charge in [0, 0.05) is 12.3 Å². The fourth-order valence-electron chi connectivity index (χ4n) is 1.12. The summed E-state index contributed by atoms with van der Waals surface area (Å²) < 4.78 is 1.36. The highest BCUT2D eigenvalue weighted by molar-refractivity contribution is 5.29. The van der Waals surface area contributed by atoms with Crippen LogP contribution in [-0.2, 0) is 0 Å². The van der Waals surface area contributed by atoms with Crippen molar-refractivity contribution in [2.24, 2.45) is 0 Å². The van der Waals surface area contributed by atoms with Gasteiger partial charge in [0.2, 0.25) is 0 Å². The average molecular weight is 172 g/mol. The van der Waals surface area contributed by atoms with Crippen LogP contribution in [0, 0.1) is 0 Å². The molecule has 0 spiro atoms. The van der Waals surface area contributed by atoms with E-state index in [1.165, 1.54) is 10.7 Å². The Hall–Kier alpha value is -1.90. The highest BCUT2D eigenvalue weighted by Gasteiger charge is 1.96. The van der Waals surface area contributed by atoms with E-state index in [1.54, 1.807) is 12.3 Å². The molecule has 1 heterocycles. The quantitative estimate of drug-likeness (QED) is 0.648. The summed E-state index contributed by atoms with van der Waals surface area (Å²) in [5.41, 5.74) is 0.668. The maximum atomic E-state index is 11.3. The topological polar surface area (TPSA) is 34.9 Å². The molecule has 0 amide bonds. The zero-order valence-corrected chi connectivity index (χ0v) is 6.92. The maximum absolute atomic E-state index is 11.3. The number of rotatable bonds is 1. The Balaban J connectivity index is 2.60. The summed E-state index contributed by atoms with van der Waals surface area (Å²) in [5, 5.41) is 3.95. The van der Waals surface area contributed by atoms with Gasteiger partial charge in [0.25, 0.3) is 5.56 Å². The first-order valence-electron chi connectivity index (χ1n) is 3.98. The molecule has 0 fully saturated rings. The Bertz CT molecular complexity index is 448. The van der Waals surface area contributed by atoms with E-state index < -0.39 is 0 Å². The second-order valence-electron chi connectivity index (χ2n) is 2.61. The van der Waals surface area contributed by atoms with Gasteiger partial charge in [-0.1, -0.05) is 18.2 Å². The van der Waals surface area contributed by atoms with Crippen molar-refractivity contribution in [2.75, 3.05) is 0 Å². The SMILES string of the molecule is O=c1cccnn1-c1ccccc1. The lowest BCUT2D eigenvalue weighted by molar-refractivity contribution is 0.807. The minimum absolute atomic E-state index is 0.117. The fraction of sp³-hybridized carbons (Fsp3) is 0. The maximum Gasteiger partial charge on any atom is 0.271 e. The normalized spacial score (nSPS) is 9.85. The summed E-state index contributed by atoms with van der Waals surface area (Å²) in [6.07, 6.45) is 1.59. The van der Waals surface area contributed by atoms with Crippen molar-refractivity contribution in [2.45, 2.75) is 0 Å². The van der Waals surface area contributed by atoms with Crippen LogP contribution in [0.5, 0.6) is 0 Å². The number of hydrogen-bond acceptors (Lipinski definition) is 2. The van der Waals surface area contributed by atoms with Crippen LogP contribution in [0.15, 0.2) is 53.5 Å². The molecule has 0 aliphatic rings. The Morgan fingerprint density at radius 3 is 2.46 bits per heavy atom. The Morgan fingerprint density at radius 1 is 1.00 bits per heavy atom. The molecule has 1 aromatic heterocycles. The zero-order chi connectivity index (χ0) is 9.10. The van der Waals surface area contributed by atoms with E-state index in [0.717, 1.165) is 5.69 Å². The molecule has 0 radical (unpaired) electrons. The van der Waals surface area contributed by atoms with Crippen molar-refractivity contribution in [3.63, 3.8) is 0 Å². The third kappa shape index (κ3) is 1.49. The summed E-state index contributed by atoms with van der Waals surface area (Å²) in [6, 6.07) is 12.4. The zero-order valence-electron chi connectivity index (χ0n) is 6.92. The minimum atomic E-state index is -0.117. The van der Waals surface area contributed by atoms with Crippen molar-refractivity contribution in [3.05, 3.63) is 59.0 Å². The van der Waals surface area contributed by atoms with Gasteiger partial charge in [-0.15, -0.1) is 0 Å². The fourth-order valence-corrected chi connectivity index (χ4v) is 1.12. The van der Waals surface area contributed by atoms with Crippen LogP contribution in [0.1, 0.15) is 0 Å². The van der Waals surface area contributed by atoms with Gasteiger partial charge in [-0.2, -0.15) is 9.78 Å². The first-order valence-corrected chi connectivity index (χ1v) is 3.98. The van der Waals surface area contributed by atoms with Crippen molar-refractivity contribution in [3.8, 4) is 5.69 Å². The molecule has 3 heteroatoms. The van der Waals surface area contributed by atoms with Crippen LogP contribution in [0.3, 0.4) is 0 Å². The first kappa shape index (κ1) is 7.73. The number of nitrogens with zero attached hydrogens (tertiary/aromatic N) is 2. The molecule has 1 aromatic carbocycles. The van der Waals surface area contributed by atoms with Gasteiger partial charge < -0.3 is 0 Å². The first-order chi connectivity index (χ1) is 6.38. The third-order valence-corrected chi connectivity index (χ3v) is 1.72. The molecule has 64 valence electrons. The number of para-hydroxylation sites is 1. The van der Waals surface area contributed by atoms with Gasteiger partial charge in [0.15, 0.2) is 0 Å². The third-order valence-electron chi connectivity index (χ3n) is 1.72. The Labute approximate surface area is 75.3 Å². The van der Waals surface area contributed by atoms with E-state index in [-0.39, 0.29) is 5.56 Å². The number of benzene rings is 1. The molecule has 0 atom stereocenters. The van der Waals surface area contributed by atoms with Gasteiger partial charge >= 0.3 is 0 Å². The van der Waals surface area contributed by atoms with E-state index >= 15 is 0 Å². The average Bonchev–Trinajstić information content (AvgIpc) is 2.20. The predicted molar refractivity (Wildman–Crippen MR) is 49.8 cm³/mol. The summed E-state index contributed by atoms with van der Waals surface area (Å²) in [4.78, 5) is 11.3. The van der Waals surface area contributed by atoms with E-state index in [0.29, 0.717) is 0 Å². The molecule has 0 bridgehead atoms. The molecule has 0 unspecified atom stereocenters. The van der Waals surface area contributed by atoms with Crippen molar-refractivity contribution < 1.29 is 0 Å². The van der Waals surface area contributed by atoms with Crippen LogP contribution >= 0.6 is 0 Å². The molecule has 0 N–H and O–H groups in total. The molecule has 2 rings (SSSR count). The standard InChI is InChI=1S/C10H8N2O/c13-10-7-4-8-11-12(10)9-5-2-1-3-6-9/h1-8H. The van der Waals surface area contributed by atoms with Gasteiger partial charge in [-0.05, 0) is 18.2 Å². The summed E-state index contributed by atoms with van der Waals surface area (Å²) >= 11 is 0. The van der Waals surface area contributed by atoms with Gasteiger partial charge in [-0.25, -0.2) is 0 Å². The van der Waals surface area contributed by atoms with Crippen LogP contribution in [0.4, 0.5) is 0 Å². The molecule has 0 aliphatic heterocycles. The summed E-state index contributed by atoms with van der Waals surface area (Å²) in [6.45, 7) is 0. The second kappa shape index (κ2) is 3.23. The lowest BCUT2D eigenvalue weighted by Gasteiger charge is -2.01. The highest BCUT2D eigenvalue weighted by atomic mass is 16.1. The molecule has 13 heavy (non-hydrogen) atoms. The molecule has 0 saturated heterocycles. The van der Waals surface area contributed by atoms with E-state index in [2.05, 4.69) is 5.10 Å². The van der Waals surface area contributed by atoms with E-state index in [9.17, 15) is 4.79 Å². The van der Waals surface area contributed by atoms with Crippen LogP contribution in [0.2, 0.25) is 0 Å². The largest absolute Gasteiger partial charge is 0.271 e. The molecule has 3 nitrogen and oxygen atoms in total. The monoisotopic (exact) mass is 172 g/mol. The van der Waals surface area contributed by atoms with Gasteiger partial charge in [0.1, 0.15) is 0 Å². The Morgan fingerprint density at radius 2 is 1.77 bits per heavy atom. The lowest BCUT2D eigenvalue weighted by Crippen LogP contribution is -2.18. The molecule has 2 aromatic rings.